The number of esters is 1. The summed E-state index contributed by atoms with van der Waals surface area (Å²) < 4.78 is 11.7. The van der Waals surface area contributed by atoms with E-state index in [9.17, 15) is 4.79 Å². The third-order valence-electron chi connectivity index (χ3n) is 5.29. The van der Waals surface area contributed by atoms with Gasteiger partial charge in [0.1, 0.15) is 6.61 Å². The summed E-state index contributed by atoms with van der Waals surface area (Å²) in [5, 5.41) is 0. The molecule has 21 heavy (non-hydrogen) atoms. The Labute approximate surface area is 129 Å². The van der Waals surface area contributed by atoms with Gasteiger partial charge in [-0.05, 0) is 51.9 Å². The highest BCUT2D eigenvalue weighted by Crippen LogP contribution is 2.34. The molecule has 0 saturated heterocycles. The summed E-state index contributed by atoms with van der Waals surface area (Å²) in [7, 11) is 0. The Hall–Kier alpha value is -0.570. The molecule has 2 fully saturated rings. The lowest BCUT2D eigenvalue weighted by molar-refractivity contribution is -0.168. The Morgan fingerprint density at radius 2 is 1.81 bits per heavy atom. The summed E-state index contributed by atoms with van der Waals surface area (Å²) in [5.41, 5.74) is -0.393. The van der Waals surface area contributed by atoms with E-state index in [2.05, 4.69) is 13.8 Å². The molecule has 0 aromatic carbocycles. The monoisotopic (exact) mass is 296 g/mol. The van der Waals surface area contributed by atoms with Crippen molar-refractivity contribution in [2.24, 2.45) is 17.8 Å². The maximum absolute atomic E-state index is 11.8. The molecule has 3 heteroatoms. The fourth-order valence-electron chi connectivity index (χ4n) is 3.67. The standard InChI is InChI=1S/C18H32O3/c1-13-8-5-6-11-16(13)14(2)21-18(3,4)12-20-17(19)15-9-7-10-15/h13-16H,5-12H2,1-4H3. The van der Waals surface area contributed by atoms with Crippen molar-refractivity contribution in [2.45, 2.75) is 84.3 Å². The normalized spacial score (nSPS) is 28.8. The van der Waals surface area contributed by atoms with E-state index < -0.39 is 5.60 Å². The highest BCUT2D eigenvalue weighted by atomic mass is 16.6. The molecular formula is C18H32O3. The molecule has 0 bridgehead atoms. The van der Waals surface area contributed by atoms with Crippen molar-refractivity contribution in [2.75, 3.05) is 6.61 Å². The molecule has 2 rings (SSSR count). The zero-order valence-corrected chi connectivity index (χ0v) is 14.2. The second-order valence-electron chi connectivity index (χ2n) is 7.74. The van der Waals surface area contributed by atoms with Crippen LogP contribution < -0.4 is 0 Å². The number of ether oxygens (including phenoxy) is 2. The summed E-state index contributed by atoms with van der Waals surface area (Å²) in [5.74, 6) is 1.50. The van der Waals surface area contributed by atoms with Gasteiger partial charge >= 0.3 is 5.97 Å². The lowest BCUT2D eigenvalue weighted by Gasteiger charge is -2.38. The number of hydrogen-bond acceptors (Lipinski definition) is 3. The van der Waals surface area contributed by atoms with Gasteiger partial charge in [0.25, 0.3) is 0 Å². The van der Waals surface area contributed by atoms with Crippen LogP contribution in [0.25, 0.3) is 0 Å². The van der Waals surface area contributed by atoms with Crippen LogP contribution in [-0.2, 0) is 14.3 Å². The van der Waals surface area contributed by atoms with Gasteiger partial charge in [-0.1, -0.05) is 32.6 Å². The molecule has 3 nitrogen and oxygen atoms in total. The van der Waals surface area contributed by atoms with Gasteiger partial charge in [0.2, 0.25) is 0 Å². The third-order valence-corrected chi connectivity index (χ3v) is 5.29. The van der Waals surface area contributed by atoms with E-state index in [0.717, 1.165) is 25.2 Å². The minimum atomic E-state index is -0.393. The predicted octanol–water partition coefficient (Wildman–Crippen LogP) is 4.34. The lowest BCUT2D eigenvalue weighted by atomic mass is 9.77. The SMILES string of the molecule is CC1CCCCC1C(C)OC(C)(C)COC(=O)C1CCC1. The van der Waals surface area contributed by atoms with Gasteiger partial charge in [0.15, 0.2) is 0 Å². The summed E-state index contributed by atoms with van der Waals surface area (Å²) >= 11 is 0. The predicted molar refractivity (Wildman–Crippen MR) is 84.0 cm³/mol. The van der Waals surface area contributed by atoms with Crippen LogP contribution in [0.3, 0.4) is 0 Å². The van der Waals surface area contributed by atoms with E-state index >= 15 is 0 Å². The first kappa shape index (κ1) is 16.8. The van der Waals surface area contributed by atoms with E-state index in [1.807, 2.05) is 13.8 Å². The van der Waals surface area contributed by atoms with Gasteiger partial charge in [0, 0.05) is 0 Å². The van der Waals surface area contributed by atoms with Crippen molar-refractivity contribution in [1.82, 2.24) is 0 Å². The zero-order chi connectivity index (χ0) is 15.5. The number of carbonyl (C=O) groups is 1. The molecule has 2 aliphatic carbocycles. The van der Waals surface area contributed by atoms with Crippen LogP contribution in [0.4, 0.5) is 0 Å². The van der Waals surface area contributed by atoms with Crippen molar-refractivity contribution in [3.63, 3.8) is 0 Å². The maximum atomic E-state index is 11.8. The molecule has 0 heterocycles. The second-order valence-corrected chi connectivity index (χ2v) is 7.74. The highest BCUT2D eigenvalue weighted by Gasteiger charge is 2.33. The second kappa shape index (κ2) is 7.13. The van der Waals surface area contributed by atoms with Crippen LogP contribution >= 0.6 is 0 Å². The van der Waals surface area contributed by atoms with Crippen LogP contribution in [0, 0.1) is 17.8 Å². The Morgan fingerprint density at radius 3 is 2.38 bits per heavy atom. The molecule has 3 atom stereocenters. The largest absolute Gasteiger partial charge is 0.462 e. The van der Waals surface area contributed by atoms with Crippen molar-refractivity contribution in [3.8, 4) is 0 Å². The number of rotatable bonds is 6. The average Bonchev–Trinajstić information content (AvgIpc) is 2.34. The molecule has 0 amide bonds. The fraction of sp³-hybridized carbons (Fsp3) is 0.944. The summed E-state index contributed by atoms with van der Waals surface area (Å²) in [6.07, 6.45) is 8.64. The third kappa shape index (κ3) is 4.70. The molecule has 122 valence electrons. The van der Waals surface area contributed by atoms with Gasteiger partial charge in [-0.25, -0.2) is 0 Å². The molecule has 0 spiro atoms. The topological polar surface area (TPSA) is 35.5 Å². The smallest absolute Gasteiger partial charge is 0.309 e. The van der Waals surface area contributed by atoms with Gasteiger partial charge < -0.3 is 9.47 Å². The lowest BCUT2D eigenvalue weighted by Crippen LogP contribution is -2.40. The molecule has 0 radical (unpaired) electrons. The number of carbonyl (C=O) groups excluding carboxylic acids is 1. The maximum Gasteiger partial charge on any atom is 0.309 e. The van der Waals surface area contributed by atoms with E-state index in [1.165, 1.54) is 25.7 Å². The summed E-state index contributed by atoms with van der Waals surface area (Å²) in [4.78, 5) is 11.8. The van der Waals surface area contributed by atoms with E-state index in [0.29, 0.717) is 12.5 Å². The molecule has 3 unspecified atom stereocenters. The molecule has 0 aromatic rings. The quantitative estimate of drug-likeness (QED) is 0.684. The minimum absolute atomic E-state index is 0.0309. The van der Waals surface area contributed by atoms with Gasteiger partial charge in [-0.3, -0.25) is 4.79 Å². The van der Waals surface area contributed by atoms with Crippen LogP contribution in [0.1, 0.15) is 72.6 Å². The first-order valence-electron chi connectivity index (χ1n) is 8.73. The minimum Gasteiger partial charge on any atom is -0.462 e. The van der Waals surface area contributed by atoms with Crippen LogP contribution in [0.5, 0.6) is 0 Å². The Kier molecular flexibility index (Phi) is 5.70. The average molecular weight is 296 g/mol. The van der Waals surface area contributed by atoms with Crippen molar-refractivity contribution in [3.05, 3.63) is 0 Å². The highest BCUT2D eigenvalue weighted by molar-refractivity contribution is 5.73. The summed E-state index contributed by atoms with van der Waals surface area (Å²) in [6, 6.07) is 0. The van der Waals surface area contributed by atoms with Gasteiger partial charge in [0.05, 0.1) is 17.6 Å². The van der Waals surface area contributed by atoms with E-state index in [1.54, 1.807) is 0 Å². The fourth-order valence-corrected chi connectivity index (χ4v) is 3.67. The molecule has 0 N–H and O–H groups in total. The van der Waals surface area contributed by atoms with E-state index in [4.69, 9.17) is 9.47 Å². The summed E-state index contributed by atoms with van der Waals surface area (Å²) in [6.45, 7) is 8.96. The zero-order valence-electron chi connectivity index (χ0n) is 14.2. The Morgan fingerprint density at radius 1 is 1.14 bits per heavy atom. The van der Waals surface area contributed by atoms with Crippen LogP contribution in [0.15, 0.2) is 0 Å². The number of hydrogen-bond donors (Lipinski definition) is 0. The van der Waals surface area contributed by atoms with Crippen LogP contribution in [0.2, 0.25) is 0 Å². The molecule has 2 saturated carbocycles. The molecule has 0 aliphatic heterocycles. The first-order valence-corrected chi connectivity index (χ1v) is 8.73. The Balaban J connectivity index is 1.77. The van der Waals surface area contributed by atoms with Gasteiger partial charge in [-0.15, -0.1) is 0 Å². The molecular weight excluding hydrogens is 264 g/mol. The Bertz CT molecular complexity index is 346. The molecule has 0 aromatic heterocycles. The van der Waals surface area contributed by atoms with Gasteiger partial charge in [-0.2, -0.15) is 0 Å². The van der Waals surface area contributed by atoms with Crippen molar-refractivity contribution >= 4 is 5.97 Å². The van der Waals surface area contributed by atoms with Crippen molar-refractivity contribution < 1.29 is 14.3 Å². The first-order chi connectivity index (χ1) is 9.89. The molecule has 2 aliphatic rings. The van der Waals surface area contributed by atoms with E-state index in [-0.39, 0.29) is 18.0 Å². The van der Waals surface area contributed by atoms with Crippen LogP contribution in [-0.4, -0.2) is 24.3 Å². The van der Waals surface area contributed by atoms with Crippen molar-refractivity contribution in [1.29, 1.82) is 0 Å².